The Morgan fingerprint density at radius 3 is 2.39 bits per heavy atom. The molecule has 0 aliphatic carbocycles. The summed E-state index contributed by atoms with van der Waals surface area (Å²) >= 11 is 0. The molecule has 0 aliphatic heterocycles. The van der Waals surface area contributed by atoms with Gasteiger partial charge in [0, 0.05) is 0 Å². The minimum atomic E-state index is -4.56. The summed E-state index contributed by atoms with van der Waals surface area (Å²) in [4.78, 5) is 22.7. The van der Waals surface area contributed by atoms with E-state index in [2.05, 4.69) is 5.32 Å². The van der Waals surface area contributed by atoms with Gasteiger partial charge in [-0.15, -0.1) is 0 Å². The summed E-state index contributed by atoms with van der Waals surface area (Å²) in [5.74, 6) is -1.58. The number of hydrogen-bond acceptors (Lipinski definition) is 3. The Morgan fingerprint density at radius 2 is 1.74 bits per heavy atom. The van der Waals surface area contributed by atoms with E-state index >= 15 is 0 Å². The lowest BCUT2D eigenvalue weighted by atomic mass is 10.2. The van der Waals surface area contributed by atoms with Crippen molar-refractivity contribution < 1.29 is 32.6 Å². The number of carboxylic acids is 1. The van der Waals surface area contributed by atoms with Crippen LogP contribution >= 0.6 is 0 Å². The van der Waals surface area contributed by atoms with E-state index < -0.39 is 23.8 Å². The van der Waals surface area contributed by atoms with E-state index in [1.807, 2.05) is 0 Å². The first-order chi connectivity index (χ1) is 10.8. The number of carboxylic acid groups (broad SMARTS) is 1. The van der Waals surface area contributed by atoms with E-state index in [-0.39, 0.29) is 17.0 Å². The Hall–Kier alpha value is -3.03. The van der Waals surface area contributed by atoms with Crippen molar-refractivity contribution >= 4 is 17.7 Å². The van der Waals surface area contributed by atoms with Crippen molar-refractivity contribution in [3.05, 3.63) is 59.7 Å². The normalized spacial score (nSPS) is 10.9. The highest BCUT2D eigenvalue weighted by atomic mass is 19.4. The number of hydrogen-bond donors (Lipinski definition) is 2. The third-order valence-electron chi connectivity index (χ3n) is 2.77. The standard InChI is InChI=1S/C15H10F3NO4/c16-15(17,18)9-4-3-5-10(8-9)23-14(22)19-12-7-2-1-6-11(12)13(20)21/h1-8H,(H,19,22)(H,20,21). The molecule has 8 heteroatoms. The maximum atomic E-state index is 12.6. The summed E-state index contributed by atoms with van der Waals surface area (Å²) in [6.07, 6.45) is -5.66. The molecule has 23 heavy (non-hydrogen) atoms. The van der Waals surface area contributed by atoms with Crippen molar-refractivity contribution in [2.75, 3.05) is 5.32 Å². The zero-order valence-electron chi connectivity index (χ0n) is 11.4. The summed E-state index contributed by atoms with van der Waals surface area (Å²) in [6.45, 7) is 0. The molecule has 0 radical (unpaired) electrons. The molecule has 1 amide bonds. The highest BCUT2D eigenvalue weighted by Gasteiger charge is 2.30. The van der Waals surface area contributed by atoms with Crippen LogP contribution in [0.4, 0.5) is 23.7 Å². The largest absolute Gasteiger partial charge is 0.478 e. The lowest BCUT2D eigenvalue weighted by molar-refractivity contribution is -0.137. The molecule has 2 N–H and O–H groups in total. The zero-order chi connectivity index (χ0) is 17.0. The quantitative estimate of drug-likeness (QED) is 0.894. The van der Waals surface area contributed by atoms with Crippen molar-refractivity contribution in [2.24, 2.45) is 0 Å². The van der Waals surface area contributed by atoms with E-state index in [1.165, 1.54) is 30.3 Å². The summed E-state index contributed by atoms with van der Waals surface area (Å²) in [5, 5.41) is 11.2. The van der Waals surface area contributed by atoms with Gasteiger partial charge in [-0.1, -0.05) is 18.2 Å². The maximum absolute atomic E-state index is 12.6. The predicted molar refractivity (Wildman–Crippen MR) is 74.5 cm³/mol. The van der Waals surface area contributed by atoms with Crippen molar-refractivity contribution in [3.63, 3.8) is 0 Å². The van der Waals surface area contributed by atoms with Gasteiger partial charge in [0.15, 0.2) is 0 Å². The molecule has 5 nitrogen and oxygen atoms in total. The second-order valence-corrected chi connectivity index (χ2v) is 4.39. The Labute approximate surface area is 128 Å². The Balaban J connectivity index is 2.13. The third kappa shape index (κ3) is 4.22. The Bertz CT molecular complexity index is 743. The number of halogens is 3. The number of aromatic carboxylic acids is 1. The molecule has 0 aliphatic rings. The number of carbonyl (C=O) groups excluding carboxylic acids is 1. The van der Waals surface area contributed by atoms with Crippen LogP contribution in [0.25, 0.3) is 0 Å². The van der Waals surface area contributed by atoms with Gasteiger partial charge in [-0.05, 0) is 30.3 Å². The van der Waals surface area contributed by atoms with Crippen LogP contribution in [0.2, 0.25) is 0 Å². The number of carbonyl (C=O) groups is 2. The first kappa shape index (κ1) is 16.3. The molecule has 0 fully saturated rings. The third-order valence-corrected chi connectivity index (χ3v) is 2.77. The molecule has 0 aromatic heterocycles. The average molecular weight is 325 g/mol. The van der Waals surface area contributed by atoms with E-state index in [4.69, 9.17) is 9.84 Å². The van der Waals surface area contributed by atoms with Crippen molar-refractivity contribution in [3.8, 4) is 5.75 Å². The van der Waals surface area contributed by atoms with Gasteiger partial charge in [0.2, 0.25) is 0 Å². The van der Waals surface area contributed by atoms with Crippen molar-refractivity contribution in [1.29, 1.82) is 0 Å². The Kier molecular flexibility index (Phi) is 4.54. The minimum Gasteiger partial charge on any atom is -0.478 e. The summed E-state index contributed by atoms with van der Waals surface area (Å²) in [6, 6.07) is 9.33. The fourth-order valence-corrected chi connectivity index (χ4v) is 1.76. The molecular weight excluding hydrogens is 315 g/mol. The van der Waals surface area contributed by atoms with Crippen molar-refractivity contribution in [1.82, 2.24) is 0 Å². The predicted octanol–water partition coefficient (Wildman–Crippen LogP) is 4.01. The fraction of sp³-hybridized carbons (Fsp3) is 0.0667. The summed E-state index contributed by atoms with van der Waals surface area (Å²) in [5.41, 5.74) is -1.17. The summed E-state index contributed by atoms with van der Waals surface area (Å²) in [7, 11) is 0. The minimum absolute atomic E-state index is 0.0306. The lowest BCUT2D eigenvalue weighted by Gasteiger charge is -2.11. The molecule has 0 spiro atoms. The molecular formula is C15H10F3NO4. The van der Waals surface area contributed by atoms with E-state index in [9.17, 15) is 22.8 Å². The van der Waals surface area contributed by atoms with Gasteiger partial charge in [0.1, 0.15) is 5.75 Å². The first-order valence-electron chi connectivity index (χ1n) is 6.26. The number of amides is 1. The topological polar surface area (TPSA) is 75.6 Å². The van der Waals surface area contributed by atoms with Crippen LogP contribution in [-0.4, -0.2) is 17.2 Å². The van der Waals surface area contributed by atoms with Crippen LogP contribution in [0.1, 0.15) is 15.9 Å². The van der Waals surface area contributed by atoms with Crippen LogP contribution in [-0.2, 0) is 6.18 Å². The average Bonchev–Trinajstić information content (AvgIpc) is 2.46. The molecule has 0 atom stereocenters. The number of nitrogens with one attached hydrogen (secondary N) is 1. The number of rotatable bonds is 3. The molecule has 0 bridgehead atoms. The Morgan fingerprint density at radius 1 is 1.04 bits per heavy atom. The van der Waals surface area contributed by atoms with Gasteiger partial charge in [-0.25, -0.2) is 9.59 Å². The zero-order valence-corrected chi connectivity index (χ0v) is 11.4. The SMILES string of the molecule is O=C(Nc1ccccc1C(=O)O)Oc1cccc(C(F)(F)F)c1. The van der Waals surface area contributed by atoms with Crippen LogP contribution in [0.5, 0.6) is 5.75 Å². The first-order valence-corrected chi connectivity index (χ1v) is 6.26. The molecule has 2 rings (SSSR count). The highest BCUT2D eigenvalue weighted by molar-refractivity contribution is 5.99. The lowest BCUT2D eigenvalue weighted by Crippen LogP contribution is -2.19. The number of para-hydroxylation sites is 1. The fourth-order valence-electron chi connectivity index (χ4n) is 1.76. The molecule has 120 valence electrons. The number of ether oxygens (including phenoxy) is 1. The van der Waals surface area contributed by atoms with Gasteiger partial charge < -0.3 is 9.84 Å². The van der Waals surface area contributed by atoms with Crippen LogP contribution in [0.3, 0.4) is 0 Å². The number of anilines is 1. The molecule has 2 aromatic rings. The second-order valence-electron chi connectivity index (χ2n) is 4.39. The monoisotopic (exact) mass is 325 g/mol. The van der Waals surface area contributed by atoms with Crippen LogP contribution < -0.4 is 10.1 Å². The summed E-state index contributed by atoms with van der Waals surface area (Å²) < 4.78 is 42.5. The molecule has 0 saturated carbocycles. The van der Waals surface area contributed by atoms with Crippen LogP contribution in [0, 0.1) is 0 Å². The van der Waals surface area contributed by atoms with Crippen LogP contribution in [0.15, 0.2) is 48.5 Å². The number of alkyl halides is 3. The molecule has 0 heterocycles. The van der Waals surface area contributed by atoms with Gasteiger partial charge in [-0.2, -0.15) is 13.2 Å². The second kappa shape index (κ2) is 6.39. The van der Waals surface area contributed by atoms with Crippen molar-refractivity contribution in [2.45, 2.75) is 6.18 Å². The molecule has 2 aromatic carbocycles. The van der Waals surface area contributed by atoms with Gasteiger partial charge in [0.25, 0.3) is 0 Å². The molecule has 0 unspecified atom stereocenters. The smallest absolute Gasteiger partial charge is 0.417 e. The molecule has 0 saturated heterocycles. The van der Waals surface area contributed by atoms with E-state index in [0.29, 0.717) is 6.07 Å². The van der Waals surface area contributed by atoms with E-state index in [0.717, 1.165) is 12.1 Å². The van der Waals surface area contributed by atoms with Gasteiger partial charge in [0.05, 0.1) is 16.8 Å². The highest BCUT2D eigenvalue weighted by Crippen LogP contribution is 2.31. The van der Waals surface area contributed by atoms with Gasteiger partial charge >= 0.3 is 18.2 Å². The number of benzene rings is 2. The van der Waals surface area contributed by atoms with E-state index in [1.54, 1.807) is 0 Å². The maximum Gasteiger partial charge on any atom is 0.417 e. The van der Waals surface area contributed by atoms with Gasteiger partial charge in [-0.3, -0.25) is 5.32 Å².